The molecule has 1 N–H and O–H groups in total. The first-order chi connectivity index (χ1) is 11.1. The monoisotopic (exact) mass is 319 g/mol. The van der Waals surface area contributed by atoms with E-state index in [0.717, 1.165) is 12.0 Å². The van der Waals surface area contributed by atoms with E-state index >= 15 is 0 Å². The molecule has 6 heteroatoms. The molecule has 124 valence electrons. The lowest BCUT2D eigenvalue weighted by Gasteiger charge is -2.18. The molecule has 0 unspecified atom stereocenters. The summed E-state index contributed by atoms with van der Waals surface area (Å²) in [6.45, 7) is 4.61. The van der Waals surface area contributed by atoms with Gasteiger partial charge < -0.3 is 19.5 Å². The summed E-state index contributed by atoms with van der Waals surface area (Å²) >= 11 is 0. The van der Waals surface area contributed by atoms with Gasteiger partial charge in [0.15, 0.2) is 18.1 Å². The van der Waals surface area contributed by atoms with Crippen molar-refractivity contribution in [1.82, 2.24) is 5.32 Å². The van der Waals surface area contributed by atoms with E-state index in [9.17, 15) is 9.59 Å². The molecule has 0 aliphatic carbocycles. The van der Waals surface area contributed by atoms with Gasteiger partial charge in [0.25, 0.3) is 5.91 Å². The van der Waals surface area contributed by atoms with Crippen LogP contribution in [0.5, 0.6) is 11.5 Å². The summed E-state index contributed by atoms with van der Waals surface area (Å²) in [7, 11) is 0. The number of carbonyl (C=O) groups is 2. The van der Waals surface area contributed by atoms with Crippen LogP contribution < -0.4 is 14.8 Å². The Bertz CT molecular complexity index is 597. The first-order valence-electron chi connectivity index (χ1n) is 7.62. The first-order valence-corrected chi connectivity index (χ1v) is 7.62. The van der Waals surface area contributed by atoms with Crippen LogP contribution in [-0.4, -0.2) is 37.7 Å². The molecule has 2 rings (SSSR count). The molecule has 0 spiro atoms. The van der Waals surface area contributed by atoms with Crippen LogP contribution >= 0.6 is 0 Å². The Labute approximate surface area is 135 Å². The van der Waals surface area contributed by atoms with Crippen molar-refractivity contribution < 1.29 is 23.8 Å². The average molecular weight is 319 g/mol. The zero-order chi connectivity index (χ0) is 16.7. The summed E-state index contributed by atoms with van der Waals surface area (Å²) in [6.07, 6.45) is 3.71. The number of fused-ring (bicyclic) bond motifs is 1. The summed E-state index contributed by atoms with van der Waals surface area (Å²) in [4.78, 5) is 23.1. The highest BCUT2D eigenvalue weighted by Gasteiger charge is 2.11. The molecule has 0 saturated carbocycles. The van der Waals surface area contributed by atoms with Crippen LogP contribution in [0.1, 0.15) is 25.8 Å². The zero-order valence-electron chi connectivity index (χ0n) is 13.3. The van der Waals surface area contributed by atoms with Crippen LogP contribution in [0.25, 0.3) is 6.08 Å². The number of hydrogen-bond acceptors (Lipinski definition) is 5. The summed E-state index contributed by atoms with van der Waals surface area (Å²) < 4.78 is 15.8. The van der Waals surface area contributed by atoms with Gasteiger partial charge in [-0.3, -0.25) is 4.79 Å². The van der Waals surface area contributed by atoms with Crippen LogP contribution in [0.3, 0.4) is 0 Å². The van der Waals surface area contributed by atoms with E-state index in [1.165, 1.54) is 6.08 Å². The van der Waals surface area contributed by atoms with Crippen molar-refractivity contribution in [2.45, 2.75) is 26.3 Å². The molecule has 0 fully saturated rings. The van der Waals surface area contributed by atoms with E-state index in [2.05, 4.69) is 5.32 Å². The molecule has 23 heavy (non-hydrogen) atoms. The molecular formula is C17H21NO5. The maximum Gasteiger partial charge on any atom is 0.331 e. The molecule has 0 bridgehead atoms. The van der Waals surface area contributed by atoms with E-state index in [-0.39, 0.29) is 18.6 Å². The molecule has 1 aliphatic rings. The normalized spacial score (nSPS) is 14.3. The Morgan fingerprint density at radius 3 is 2.78 bits per heavy atom. The lowest BCUT2D eigenvalue weighted by Crippen LogP contribution is -2.35. The molecule has 1 heterocycles. The van der Waals surface area contributed by atoms with Gasteiger partial charge in [-0.2, -0.15) is 0 Å². The number of benzene rings is 1. The number of esters is 1. The Morgan fingerprint density at radius 2 is 2.04 bits per heavy atom. The average Bonchev–Trinajstić information content (AvgIpc) is 2.57. The van der Waals surface area contributed by atoms with Gasteiger partial charge in [0, 0.05) is 12.1 Å². The fraction of sp³-hybridized carbons (Fsp3) is 0.412. The van der Waals surface area contributed by atoms with Crippen LogP contribution in [-0.2, 0) is 14.3 Å². The zero-order valence-corrected chi connectivity index (χ0v) is 13.3. The van der Waals surface area contributed by atoms with Crippen molar-refractivity contribution in [1.29, 1.82) is 0 Å². The molecule has 0 radical (unpaired) electrons. The number of ether oxygens (including phenoxy) is 3. The molecule has 1 amide bonds. The van der Waals surface area contributed by atoms with Crippen molar-refractivity contribution >= 4 is 18.0 Å². The van der Waals surface area contributed by atoms with Gasteiger partial charge in [0.2, 0.25) is 0 Å². The smallest absolute Gasteiger partial charge is 0.331 e. The highest BCUT2D eigenvalue weighted by atomic mass is 16.6. The predicted octanol–water partition coefficient (Wildman–Crippen LogP) is 1.93. The van der Waals surface area contributed by atoms with Crippen LogP contribution in [0.2, 0.25) is 0 Å². The first kappa shape index (κ1) is 16.9. The van der Waals surface area contributed by atoms with Gasteiger partial charge >= 0.3 is 5.97 Å². The van der Waals surface area contributed by atoms with Gasteiger partial charge in [0.1, 0.15) is 13.2 Å². The standard InChI is InChI=1S/C17H21NO5/c1-3-12(2)18-16(19)11-23-17(20)7-5-13-4-6-14-15(10-13)22-9-8-21-14/h4-7,10,12H,3,8-9,11H2,1-2H3,(H,18,19)/b7-5+/t12-/m1/s1. The second-order valence-electron chi connectivity index (χ2n) is 5.22. The van der Waals surface area contributed by atoms with Crippen LogP contribution in [0.4, 0.5) is 0 Å². The quantitative estimate of drug-likeness (QED) is 0.640. The van der Waals surface area contributed by atoms with Gasteiger partial charge in [-0.15, -0.1) is 0 Å². The number of hydrogen-bond donors (Lipinski definition) is 1. The molecule has 6 nitrogen and oxygen atoms in total. The minimum absolute atomic E-state index is 0.0643. The van der Waals surface area contributed by atoms with E-state index in [1.54, 1.807) is 18.2 Å². The maximum absolute atomic E-state index is 11.6. The number of amides is 1. The summed E-state index contributed by atoms with van der Waals surface area (Å²) in [6, 6.07) is 5.45. The minimum atomic E-state index is -0.570. The van der Waals surface area contributed by atoms with Crippen molar-refractivity contribution in [2.24, 2.45) is 0 Å². The third kappa shape index (κ3) is 5.32. The van der Waals surface area contributed by atoms with E-state index in [0.29, 0.717) is 24.7 Å². The van der Waals surface area contributed by atoms with Gasteiger partial charge in [-0.05, 0) is 37.1 Å². The fourth-order valence-corrected chi connectivity index (χ4v) is 1.93. The summed E-state index contributed by atoms with van der Waals surface area (Å²) in [5.74, 6) is 0.469. The Hall–Kier alpha value is -2.50. The molecular weight excluding hydrogens is 298 g/mol. The van der Waals surface area contributed by atoms with Crippen molar-refractivity contribution in [2.75, 3.05) is 19.8 Å². The number of nitrogens with one attached hydrogen (secondary N) is 1. The largest absolute Gasteiger partial charge is 0.486 e. The van der Waals surface area contributed by atoms with Crippen LogP contribution in [0, 0.1) is 0 Å². The third-order valence-corrected chi connectivity index (χ3v) is 3.34. The second kappa shape index (κ2) is 8.22. The van der Waals surface area contributed by atoms with Crippen molar-refractivity contribution in [3.05, 3.63) is 29.8 Å². The third-order valence-electron chi connectivity index (χ3n) is 3.34. The van der Waals surface area contributed by atoms with Crippen LogP contribution in [0.15, 0.2) is 24.3 Å². The Balaban J connectivity index is 1.83. The van der Waals surface area contributed by atoms with E-state index in [1.807, 2.05) is 19.9 Å². The van der Waals surface area contributed by atoms with Crippen molar-refractivity contribution in [3.63, 3.8) is 0 Å². The molecule has 1 aromatic rings. The number of carbonyl (C=O) groups excluding carboxylic acids is 2. The number of rotatable bonds is 6. The second-order valence-corrected chi connectivity index (χ2v) is 5.22. The lowest BCUT2D eigenvalue weighted by molar-refractivity contribution is -0.144. The summed E-state index contributed by atoms with van der Waals surface area (Å²) in [5, 5.41) is 2.72. The highest BCUT2D eigenvalue weighted by molar-refractivity contribution is 5.89. The molecule has 1 aliphatic heterocycles. The molecule has 1 aromatic carbocycles. The van der Waals surface area contributed by atoms with E-state index in [4.69, 9.17) is 14.2 Å². The van der Waals surface area contributed by atoms with Gasteiger partial charge in [0.05, 0.1) is 0 Å². The Kier molecular flexibility index (Phi) is 6.02. The molecule has 0 saturated heterocycles. The predicted molar refractivity (Wildman–Crippen MR) is 85.3 cm³/mol. The SMILES string of the molecule is CC[C@@H](C)NC(=O)COC(=O)/C=C/c1ccc2c(c1)OCCO2. The van der Waals surface area contributed by atoms with Crippen molar-refractivity contribution in [3.8, 4) is 11.5 Å². The van der Waals surface area contributed by atoms with E-state index < -0.39 is 5.97 Å². The highest BCUT2D eigenvalue weighted by Crippen LogP contribution is 2.31. The molecule has 1 atom stereocenters. The van der Waals surface area contributed by atoms with Gasteiger partial charge in [-0.1, -0.05) is 13.0 Å². The topological polar surface area (TPSA) is 73.9 Å². The van der Waals surface area contributed by atoms with Gasteiger partial charge in [-0.25, -0.2) is 4.79 Å². The fourth-order valence-electron chi connectivity index (χ4n) is 1.93. The lowest BCUT2D eigenvalue weighted by atomic mass is 10.2. The maximum atomic E-state index is 11.6. The summed E-state index contributed by atoms with van der Waals surface area (Å²) in [5.41, 5.74) is 0.787. The Morgan fingerprint density at radius 1 is 1.30 bits per heavy atom. The molecule has 0 aromatic heterocycles. The minimum Gasteiger partial charge on any atom is -0.486 e.